The Morgan fingerprint density at radius 2 is 1.13 bits per heavy atom. The Balaban J connectivity index is 4.45. The summed E-state index contributed by atoms with van der Waals surface area (Å²) in [4.78, 5) is 43.0. The van der Waals surface area contributed by atoms with E-state index in [0.717, 1.165) is 19.4 Å². The molecule has 0 aliphatic rings. The number of thioether (sulfide) groups is 1. The van der Waals surface area contributed by atoms with Gasteiger partial charge in [0.25, 0.3) is 0 Å². The molecule has 0 aromatic heterocycles. The van der Waals surface area contributed by atoms with Gasteiger partial charge in [-0.05, 0) is 12.8 Å². The van der Waals surface area contributed by atoms with Crippen LogP contribution in [0, 0.1) is 5.92 Å². The van der Waals surface area contributed by atoms with Crippen LogP contribution in [-0.4, -0.2) is 116 Å². The maximum Gasteiger partial charge on any atom is 0.327 e. The second-order valence-corrected chi connectivity index (χ2v) is 17.4. The zero-order chi connectivity index (χ0) is 40.0. The molecule has 0 aromatic carbocycles. The highest BCUT2D eigenvalue weighted by Gasteiger charge is 2.23. The molecule has 5 N–H and O–H groups in total. The van der Waals surface area contributed by atoms with Gasteiger partial charge in [0.2, 0.25) is 11.8 Å². The predicted octanol–water partition coefficient (Wildman–Crippen LogP) is 7.40. The minimum atomic E-state index is -4.08. The Morgan fingerprint density at radius 1 is 0.630 bits per heavy atom. The Kier molecular flexibility index (Phi) is 38.5. The van der Waals surface area contributed by atoms with Gasteiger partial charge in [-0.3, -0.25) is 14.2 Å². The summed E-state index contributed by atoms with van der Waals surface area (Å²) in [6.45, 7) is 8.43. The van der Waals surface area contributed by atoms with Gasteiger partial charge in [-0.1, -0.05) is 136 Å². The number of aliphatic hydroxyl groups is 1. The van der Waals surface area contributed by atoms with Gasteiger partial charge in [0, 0.05) is 37.2 Å². The number of hydrogen-bond donors (Lipinski definition) is 5. The first-order valence-electron chi connectivity index (χ1n) is 21.3. The standard InChI is InChI=1S/C40H81N2O10PS/c1-4-6-8-10-12-14-16-18-20-22-25-51-33-37(52-26-23-21-19-17-15-13-11-9-7-5-2)35-54-34-36(3)39(44)42-38(32-43)40(45)41-24-27-49-28-29-50-30-31-53(46,47)48/h36-38,43H,4-35H2,1-3H3,(H,41,45)(H,42,44)(H2,46,47,48)/t36-,37+,38-/m0/s1. The molecule has 0 radical (unpaired) electrons. The molecule has 54 heavy (non-hydrogen) atoms. The fraction of sp³-hybridized carbons (Fsp3) is 0.950. The lowest BCUT2D eigenvalue weighted by molar-refractivity contribution is -0.131. The monoisotopic (exact) mass is 813 g/mol. The topological polar surface area (TPSA) is 173 Å². The first kappa shape index (κ1) is 53.2. The van der Waals surface area contributed by atoms with Crippen LogP contribution >= 0.6 is 19.4 Å². The van der Waals surface area contributed by atoms with Crippen LogP contribution in [0.1, 0.15) is 149 Å². The van der Waals surface area contributed by atoms with Crippen molar-refractivity contribution in [1.82, 2.24) is 10.6 Å². The third-order valence-corrected chi connectivity index (χ3v) is 11.3. The van der Waals surface area contributed by atoms with Gasteiger partial charge >= 0.3 is 7.60 Å². The quantitative estimate of drug-likeness (QED) is 0.0307. The Morgan fingerprint density at radius 3 is 1.65 bits per heavy atom. The Hall–Kier alpha value is -0.760. The molecule has 14 heteroatoms. The molecule has 0 aliphatic heterocycles. The maximum absolute atomic E-state index is 12.9. The van der Waals surface area contributed by atoms with Crippen molar-refractivity contribution in [3.63, 3.8) is 0 Å². The normalized spacial score (nSPS) is 13.5. The molecule has 12 nitrogen and oxygen atoms in total. The molecule has 322 valence electrons. The first-order valence-corrected chi connectivity index (χ1v) is 24.3. The molecule has 0 rings (SSSR count). The van der Waals surface area contributed by atoms with Crippen molar-refractivity contribution in [1.29, 1.82) is 0 Å². The predicted molar refractivity (Wildman–Crippen MR) is 221 cm³/mol. The highest BCUT2D eigenvalue weighted by Crippen LogP contribution is 2.33. The summed E-state index contributed by atoms with van der Waals surface area (Å²) >= 11 is 1.64. The van der Waals surface area contributed by atoms with Gasteiger partial charge in [0.15, 0.2) is 0 Å². The van der Waals surface area contributed by atoms with Crippen LogP contribution in [-0.2, 0) is 33.1 Å². The van der Waals surface area contributed by atoms with Crippen molar-refractivity contribution < 1.29 is 48.0 Å². The summed E-state index contributed by atoms with van der Waals surface area (Å²) in [5, 5.41) is 15.0. The van der Waals surface area contributed by atoms with E-state index < -0.39 is 26.2 Å². The smallest absolute Gasteiger partial charge is 0.327 e. The van der Waals surface area contributed by atoms with Crippen LogP contribution in [0.2, 0.25) is 0 Å². The molecule has 2 amide bonds. The highest BCUT2D eigenvalue weighted by atomic mass is 32.2. The zero-order valence-electron chi connectivity index (χ0n) is 34.4. The van der Waals surface area contributed by atoms with E-state index >= 15 is 0 Å². The van der Waals surface area contributed by atoms with Crippen LogP contribution in [0.15, 0.2) is 0 Å². The second-order valence-electron chi connectivity index (χ2n) is 14.5. The number of aliphatic hydroxyl groups excluding tert-OH is 1. The molecule has 3 atom stereocenters. The number of nitrogens with one attached hydrogen (secondary N) is 2. The molecule has 0 saturated carbocycles. The molecule has 0 aliphatic carbocycles. The largest absolute Gasteiger partial charge is 0.394 e. The third kappa shape index (κ3) is 36.9. The van der Waals surface area contributed by atoms with Crippen LogP contribution in [0.4, 0.5) is 0 Å². The van der Waals surface area contributed by atoms with E-state index in [4.69, 9.17) is 28.7 Å². The molecule has 0 fully saturated rings. The van der Waals surface area contributed by atoms with Gasteiger partial charge in [0.1, 0.15) is 6.04 Å². The van der Waals surface area contributed by atoms with Crippen LogP contribution in [0.5, 0.6) is 0 Å². The molecular weight excluding hydrogens is 731 g/mol. The highest BCUT2D eigenvalue weighted by molar-refractivity contribution is 7.99. The first-order chi connectivity index (χ1) is 26.1. The van der Waals surface area contributed by atoms with Gasteiger partial charge in [0.05, 0.1) is 51.9 Å². The molecular formula is C40H81N2O10PS. The summed E-state index contributed by atoms with van der Waals surface area (Å²) in [6, 6.07) is -1.07. The molecule has 0 saturated heterocycles. The van der Waals surface area contributed by atoms with Crippen molar-refractivity contribution in [3.05, 3.63) is 0 Å². The van der Waals surface area contributed by atoms with Crippen molar-refractivity contribution in [2.75, 3.05) is 77.1 Å². The van der Waals surface area contributed by atoms with Gasteiger partial charge in [-0.25, -0.2) is 0 Å². The van der Waals surface area contributed by atoms with Crippen molar-refractivity contribution in [2.24, 2.45) is 5.92 Å². The molecule has 0 bridgehead atoms. The summed E-state index contributed by atoms with van der Waals surface area (Å²) in [5.74, 6) is 0.0757. The van der Waals surface area contributed by atoms with Gasteiger partial charge in [-0.2, -0.15) is 11.8 Å². The number of hydrogen-bond acceptors (Lipinski definition) is 9. The summed E-state index contributed by atoms with van der Waals surface area (Å²) in [5.41, 5.74) is 0. The van der Waals surface area contributed by atoms with Crippen molar-refractivity contribution in [2.45, 2.75) is 161 Å². The maximum atomic E-state index is 12.9. The van der Waals surface area contributed by atoms with Gasteiger partial charge in [-0.15, -0.1) is 0 Å². The summed E-state index contributed by atoms with van der Waals surface area (Å²) in [7, 11) is -4.08. The number of unbranched alkanes of at least 4 members (excludes halogenated alkanes) is 18. The van der Waals surface area contributed by atoms with Crippen molar-refractivity contribution >= 4 is 31.2 Å². The molecule has 0 aromatic rings. The van der Waals surface area contributed by atoms with E-state index in [-0.39, 0.29) is 57.1 Å². The average molecular weight is 813 g/mol. The fourth-order valence-corrected chi connectivity index (χ4v) is 7.19. The van der Waals surface area contributed by atoms with E-state index in [1.165, 1.54) is 116 Å². The number of carbonyl (C=O) groups excluding carboxylic acids is 2. The van der Waals surface area contributed by atoms with E-state index in [2.05, 4.69) is 24.5 Å². The minimum Gasteiger partial charge on any atom is -0.394 e. The Labute approximate surface area is 333 Å². The van der Waals surface area contributed by atoms with Gasteiger partial charge < -0.3 is 44.5 Å². The summed E-state index contributed by atoms with van der Waals surface area (Å²) < 4.78 is 33.6. The van der Waals surface area contributed by atoms with E-state index in [1.807, 2.05) is 6.92 Å². The Bertz CT molecular complexity index is 901. The average Bonchev–Trinajstić information content (AvgIpc) is 3.14. The summed E-state index contributed by atoms with van der Waals surface area (Å²) in [6.07, 6.45) is 25.3. The second kappa shape index (κ2) is 39.1. The zero-order valence-corrected chi connectivity index (χ0v) is 36.1. The molecule has 0 unspecified atom stereocenters. The van der Waals surface area contributed by atoms with E-state index in [9.17, 15) is 19.3 Å². The van der Waals surface area contributed by atoms with E-state index in [1.54, 1.807) is 11.8 Å². The lowest BCUT2D eigenvalue weighted by atomic mass is 10.1. The molecule has 0 heterocycles. The SMILES string of the molecule is CCCCCCCCCCCCOC[C@H](CSC[C@H](C)C(=O)N[C@@H](CO)C(=O)NCCOCCOCCP(=O)(O)O)OCCCCCCCCCCCC. The van der Waals surface area contributed by atoms with Crippen LogP contribution in [0.3, 0.4) is 0 Å². The minimum absolute atomic E-state index is 0.0450. The van der Waals surface area contributed by atoms with Crippen LogP contribution < -0.4 is 10.6 Å². The van der Waals surface area contributed by atoms with E-state index in [0.29, 0.717) is 24.7 Å². The van der Waals surface area contributed by atoms with Crippen LogP contribution in [0.25, 0.3) is 0 Å². The lowest BCUT2D eigenvalue weighted by Crippen LogP contribution is -2.51. The lowest BCUT2D eigenvalue weighted by Gasteiger charge is -2.21. The van der Waals surface area contributed by atoms with Crippen molar-refractivity contribution in [3.8, 4) is 0 Å². The molecule has 0 spiro atoms. The fourth-order valence-electron chi connectivity index (χ4n) is 5.73. The third-order valence-electron chi connectivity index (χ3n) is 9.18. The number of ether oxygens (including phenoxy) is 4. The number of carbonyl (C=O) groups is 2. The number of amides is 2. The number of rotatable bonds is 42.